The van der Waals surface area contributed by atoms with Crippen LogP contribution >= 0.6 is 7.82 Å². The number of phosphoric ester groups is 1. The van der Waals surface area contributed by atoms with E-state index in [2.05, 4.69) is 111 Å². The van der Waals surface area contributed by atoms with E-state index in [9.17, 15) is 19.0 Å². The number of likely N-dealkylation sites (N-methyl/N-ethyl adjacent to an activating group) is 1. The maximum atomic E-state index is 12.8. The number of ether oxygens (including phenoxy) is 2. The van der Waals surface area contributed by atoms with Crippen molar-refractivity contribution in [2.24, 2.45) is 0 Å². The fourth-order valence-electron chi connectivity index (χ4n) is 9.45. The number of hydrogen-bond donors (Lipinski definition) is 1. The number of rotatable bonds is 62. The second-order valence-corrected chi connectivity index (χ2v) is 25.3. The zero-order chi connectivity index (χ0) is 59.8. The second kappa shape index (κ2) is 62.5. The lowest BCUT2D eigenvalue weighted by atomic mass is 10.0. The normalized spacial score (nSPS) is 13.8. The summed E-state index contributed by atoms with van der Waals surface area (Å²) in [6.07, 6.45) is 86.6. The van der Waals surface area contributed by atoms with Crippen LogP contribution in [-0.4, -0.2) is 74.9 Å². The van der Waals surface area contributed by atoms with Gasteiger partial charge in [0.1, 0.15) is 19.8 Å². The van der Waals surface area contributed by atoms with Crippen molar-refractivity contribution in [2.45, 2.75) is 302 Å². The zero-order valence-electron chi connectivity index (χ0n) is 54.0. The van der Waals surface area contributed by atoms with Crippen LogP contribution in [0.3, 0.4) is 0 Å². The van der Waals surface area contributed by atoms with Crippen LogP contribution in [0.15, 0.2) is 97.2 Å². The predicted molar refractivity (Wildman–Crippen MR) is 353 cm³/mol. The molecule has 0 radical (unpaired) electrons. The third kappa shape index (κ3) is 66.1. The van der Waals surface area contributed by atoms with Crippen LogP contribution in [0.4, 0.5) is 0 Å². The molecule has 9 nitrogen and oxygen atoms in total. The minimum absolute atomic E-state index is 0.0193. The number of allylic oxidation sites excluding steroid dienone is 16. The van der Waals surface area contributed by atoms with Gasteiger partial charge < -0.3 is 18.9 Å². The van der Waals surface area contributed by atoms with Crippen molar-refractivity contribution in [1.29, 1.82) is 0 Å². The Kier molecular flexibility index (Phi) is 60.1. The topological polar surface area (TPSA) is 108 Å². The number of quaternary nitrogens is 1. The summed E-state index contributed by atoms with van der Waals surface area (Å²) in [7, 11) is 1.44. The van der Waals surface area contributed by atoms with E-state index < -0.39 is 26.5 Å². The van der Waals surface area contributed by atoms with Crippen LogP contribution in [0.2, 0.25) is 0 Å². The summed E-state index contributed by atoms with van der Waals surface area (Å²) in [6, 6.07) is 0. The molecule has 0 aromatic carbocycles. The Balaban J connectivity index is 4.13. The van der Waals surface area contributed by atoms with Crippen molar-refractivity contribution in [1.82, 2.24) is 0 Å². The molecule has 0 spiro atoms. The molecule has 0 aliphatic carbocycles. The molecule has 2 atom stereocenters. The molecule has 0 aromatic heterocycles. The number of carbonyl (C=O) groups excluding carboxylic acids is 2. The molecule has 474 valence electrons. The van der Waals surface area contributed by atoms with E-state index in [1.807, 2.05) is 21.1 Å². The predicted octanol–water partition coefficient (Wildman–Crippen LogP) is 21.9. The number of phosphoric acid groups is 1. The molecule has 0 amide bonds. The van der Waals surface area contributed by atoms with E-state index in [0.717, 1.165) is 83.5 Å². The monoisotopic (exact) mass is 1170 g/mol. The Bertz CT molecular complexity index is 1710. The molecule has 0 aromatic rings. The van der Waals surface area contributed by atoms with E-state index in [1.54, 1.807) is 0 Å². The van der Waals surface area contributed by atoms with Gasteiger partial charge in [0.15, 0.2) is 6.10 Å². The van der Waals surface area contributed by atoms with Crippen molar-refractivity contribution < 1.29 is 42.1 Å². The smallest absolute Gasteiger partial charge is 0.462 e. The Morgan fingerprint density at radius 2 is 0.695 bits per heavy atom. The van der Waals surface area contributed by atoms with Gasteiger partial charge in [-0.1, -0.05) is 304 Å². The number of carbonyl (C=O) groups is 2. The third-order valence-corrected chi connectivity index (χ3v) is 15.6. The van der Waals surface area contributed by atoms with E-state index in [-0.39, 0.29) is 32.0 Å². The van der Waals surface area contributed by atoms with Gasteiger partial charge in [-0.15, -0.1) is 0 Å². The van der Waals surface area contributed by atoms with Crippen LogP contribution < -0.4 is 0 Å². The number of esters is 2. The van der Waals surface area contributed by atoms with E-state index in [1.165, 1.54) is 180 Å². The third-order valence-electron chi connectivity index (χ3n) is 14.6. The summed E-state index contributed by atoms with van der Waals surface area (Å²) in [5.41, 5.74) is 0. The summed E-state index contributed by atoms with van der Waals surface area (Å²) in [5, 5.41) is 0. The first kappa shape index (κ1) is 78.9. The molecule has 0 aliphatic heterocycles. The minimum Gasteiger partial charge on any atom is -0.462 e. The maximum Gasteiger partial charge on any atom is 0.472 e. The summed E-state index contributed by atoms with van der Waals surface area (Å²) in [4.78, 5) is 35.8. The highest BCUT2D eigenvalue weighted by Crippen LogP contribution is 2.43. The minimum atomic E-state index is -4.41. The van der Waals surface area contributed by atoms with Gasteiger partial charge >= 0.3 is 19.8 Å². The number of nitrogens with zero attached hydrogens (tertiary/aromatic N) is 1. The average Bonchev–Trinajstić information content (AvgIpc) is 3.46. The van der Waals surface area contributed by atoms with Gasteiger partial charge in [-0.3, -0.25) is 18.6 Å². The summed E-state index contributed by atoms with van der Waals surface area (Å²) in [6.45, 7) is 4.30. The van der Waals surface area contributed by atoms with Gasteiger partial charge in [0, 0.05) is 12.8 Å². The molecule has 0 fully saturated rings. The average molecular weight is 1170 g/mol. The first-order valence-electron chi connectivity index (χ1n) is 34.0. The molecule has 0 saturated carbocycles. The molecule has 0 rings (SSSR count). The molecule has 10 heteroatoms. The molecule has 0 bridgehead atoms. The molecule has 82 heavy (non-hydrogen) atoms. The van der Waals surface area contributed by atoms with Gasteiger partial charge in [-0.05, 0) is 77.0 Å². The van der Waals surface area contributed by atoms with Crippen LogP contribution in [0.25, 0.3) is 0 Å². The zero-order valence-corrected chi connectivity index (χ0v) is 54.8. The van der Waals surface area contributed by atoms with E-state index in [4.69, 9.17) is 18.5 Å². The van der Waals surface area contributed by atoms with Crippen LogP contribution in [0.1, 0.15) is 296 Å². The lowest BCUT2D eigenvalue weighted by Crippen LogP contribution is -2.37. The second-order valence-electron chi connectivity index (χ2n) is 23.8. The summed E-state index contributed by atoms with van der Waals surface area (Å²) in [5.74, 6) is -0.843. The van der Waals surface area contributed by atoms with Gasteiger partial charge in [0.05, 0.1) is 27.7 Å². The molecule has 1 N–H and O–H groups in total. The van der Waals surface area contributed by atoms with E-state index in [0.29, 0.717) is 17.4 Å². The molecule has 0 heterocycles. The Hall–Kier alpha value is -3.07. The summed E-state index contributed by atoms with van der Waals surface area (Å²) >= 11 is 0. The van der Waals surface area contributed by atoms with Crippen LogP contribution in [-0.2, 0) is 32.7 Å². The fraction of sp³-hybridized carbons (Fsp3) is 0.750. The lowest BCUT2D eigenvalue weighted by molar-refractivity contribution is -0.870. The van der Waals surface area contributed by atoms with Gasteiger partial charge in [-0.2, -0.15) is 0 Å². The molecule has 2 unspecified atom stereocenters. The van der Waals surface area contributed by atoms with Crippen molar-refractivity contribution in [3.05, 3.63) is 97.2 Å². The lowest BCUT2D eigenvalue weighted by Gasteiger charge is -2.24. The Morgan fingerprint density at radius 3 is 1.04 bits per heavy atom. The summed E-state index contributed by atoms with van der Waals surface area (Å²) < 4.78 is 34.6. The molecular weight excluding hydrogens is 1040 g/mol. The van der Waals surface area contributed by atoms with Crippen LogP contribution in [0.5, 0.6) is 0 Å². The Morgan fingerprint density at radius 1 is 0.390 bits per heavy atom. The molecule has 0 aliphatic rings. The SMILES string of the molecule is CC/C=C\C/C=C\C/C=C\C/C=C\C/C=C\C/C=C\C/C=C\C/C=C\CCCCC(=O)OC(COC(=O)CCCCCCCCCCCCCCCCCCCCCCCCCCCCCCCCC)COP(=O)(O)OCC[N+](C)(C)C. The Labute approximate surface area is 506 Å². The van der Waals surface area contributed by atoms with Crippen molar-refractivity contribution in [3.63, 3.8) is 0 Å². The van der Waals surface area contributed by atoms with Crippen LogP contribution in [0, 0.1) is 0 Å². The van der Waals surface area contributed by atoms with Crippen molar-refractivity contribution in [3.8, 4) is 0 Å². The van der Waals surface area contributed by atoms with Crippen molar-refractivity contribution in [2.75, 3.05) is 47.5 Å². The quantitative estimate of drug-likeness (QED) is 0.0211. The van der Waals surface area contributed by atoms with Crippen molar-refractivity contribution >= 4 is 19.8 Å². The fourth-order valence-corrected chi connectivity index (χ4v) is 10.2. The maximum absolute atomic E-state index is 12.8. The molecular formula is C72H129NO8P+. The van der Waals surface area contributed by atoms with Gasteiger partial charge in [-0.25, -0.2) is 4.57 Å². The standard InChI is InChI=1S/C72H128NO8P/c1-6-8-10-12-14-16-18-20-22-24-26-28-30-32-34-35-36-37-39-40-42-44-46-48-50-52-54-56-58-60-62-64-71(74)78-68-70(69-80-82(76,77)79-67-66-73(3,4)5)81-72(75)65-63-61-59-57-55-53-51-49-47-45-43-41-38-33-31-29-27-25-23-21-19-17-15-13-11-9-7-2/h9,11,15,17,21,23,27,29,33,38,43,45,49,51,55,57,70H,6-8,10,12-14,16,18-20,22,24-26,28,30-32,34-37,39-42,44,46-48,50,52-54,56,58-69H2,1-5H3/p+1/b11-9-,17-15-,23-21-,29-27-,38-33-,45-43-,51-49-,57-55-. The van der Waals surface area contributed by atoms with E-state index >= 15 is 0 Å². The van der Waals surface area contributed by atoms with Gasteiger partial charge in [0.25, 0.3) is 0 Å². The first-order valence-corrected chi connectivity index (χ1v) is 35.5. The highest BCUT2D eigenvalue weighted by molar-refractivity contribution is 7.47. The first-order chi connectivity index (χ1) is 40.0. The van der Waals surface area contributed by atoms with Gasteiger partial charge in [0.2, 0.25) is 0 Å². The number of hydrogen-bond acceptors (Lipinski definition) is 7. The molecule has 0 saturated heterocycles. The highest BCUT2D eigenvalue weighted by atomic mass is 31.2. The number of unbranched alkanes of at least 4 members (excludes halogenated alkanes) is 32. The highest BCUT2D eigenvalue weighted by Gasteiger charge is 2.27. The largest absolute Gasteiger partial charge is 0.472 e.